The number of fused-ring (bicyclic) bond motifs is 1. The number of rotatable bonds is 5. The molecule has 0 saturated heterocycles. The minimum Gasteiger partial charge on any atom is -0.335 e. The van der Waals surface area contributed by atoms with Gasteiger partial charge in [-0.05, 0) is 43.0 Å². The van der Waals surface area contributed by atoms with Crippen LogP contribution in [0.3, 0.4) is 0 Å². The lowest BCUT2D eigenvalue weighted by Gasteiger charge is -2.30. The van der Waals surface area contributed by atoms with Crippen molar-refractivity contribution < 1.29 is 9.59 Å². The Labute approximate surface area is 164 Å². The lowest BCUT2D eigenvalue weighted by Crippen LogP contribution is -2.40. The lowest BCUT2D eigenvalue weighted by molar-refractivity contribution is -0.113. The van der Waals surface area contributed by atoms with Gasteiger partial charge in [0.1, 0.15) is 0 Å². The van der Waals surface area contributed by atoms with Crippen LogP contribution in [0.15, 0.2) is 53.4 Å². The third kappa shape index (κ3) is 4.19. The summed E-state index contributed by atoms with van der Waals surface area (Å²) in [4.78, 5) is 28.1. The van der Waals surface area contributed by atoms with Crippen molar-refractivity contribution in [1.82, 2.24) is 4.90 Å². The molecule has 4 rings (SSSR count). The van der Waals surface area contributed by atoms with Crippen molar-refractivity contribution in [2.45, 2.75) is 43.0 Å². The fraction of sp³-hybridized carbons (Fsp3) is 0.364. The Balaban J connectivity index is 1.54. The maximum Gasteiger partial charge on any atom is 0.254 e. The highest BCUT2D eigenvalue weighted by molar-refractivity contribution is 8.00. The Kier molecular flexibility index (Phi) is 5.48. The van der Waals surface area contributed by atoms with Crippen LogP contribution in [0.4, 0.5) is 5.69 Å². The standard InChI is InChI=1S/C22H24N2O2S/c25-21-15-27-20-11-10-17(14-19(20)23-21)22(26)24(18-8-4-5-9-18)13-12-16-6-2-1-3-7-16/h1-3,6-7,10-11,14,18H,4-5,8-9,12-13,15H2,(H,23,25). The first kappa shape index (κ1) is 18.1. The number of hydrogen-bond acceptors (Lipinski definition) is 3. The number of anilines is 1. The van der Waals surface area contributed by atoms with Crippen molar-refractivity contribution in [3.05, 3.63) is 59.7 Å². The van der Waals surface area contributed by atoms with Crippen LogP contribution in [0.5, 0.6) is 0 Å². The quantitative estimate of drug-likeness (QED) is 0.838. The number of thioether (sulfide) groups is 1. The van der Waals surface area contributed by atoms with E-state index in [1.807, 2.05) is 36.4 Å². The summed E-state index contributed by atoms with van der Waals surface area (Å²) < 4.78 is 0. The molecule has 2 aromatic rings. The van der Waals surface area contributed by atoms with E-state index >= 15 is 0 Å². The van der Waals surface area contributed by atoms with E-state index in [0.717, 1.165) is 36.4 Å². The summed E-state index contributed by atoms with van der Waals surface area (Å²) in [5, 5.41) is 2.89. The second-order valence-corrected chi connectivity index (χ2v) is 8.24. The van der Waals surface area contributed by atoms with Crippen molar-refractivity contribution in [3.63, 3.8) is 0 Å². The molecule has 1 heterocycles. The van der Waals surface area contributed by atoms with Gasteiger partial charge in [-0.1, -0.05) is 43.2 Å². The molecule has 1 aliphatic heterocycles. The lowest BCUT2D eigenvalue weighted by atomic mass is 10.1. The van der Waals surface area contributed by atoms with Crippen molar-refractivity contribution in [2.24, 2.45) is 0 Å². The molecule has 1 fully saturated rings. The SMILES string of the molecule is O=C1CSc2ccc(C(=O)N(CCc3ccccc3)C3CCCC3)cc2N1. The summed E-state index contributed by atoms with van der Waals surface area (Å²) in [6.07, 6.45) is 5.41. The van der Waals surface area contributed by atoms with Gasteiger partial charge in [0.2, 0.25) is 5.91 Å². The molecule has 1 saturated carbocycles. The van der Waals surface area contributed by atoms with E-state index in [1.54, 1.807) is 0 Å². The van der Waals surface area contributed by atoms with Gasteiger partial charge in [-0.15, -0.1) is 11.8 Å². The van der Waals surface area contributed by atoms with Gasteiger partial charge < -0.3 is 10.2 Å². The summed E-state index contributed by atoms with van der Waals surface area (Å²) >= 11 is 1.52. The number of carbonyl (C=O) groups is 2. The zero-order valence-corrected chi connectivity index (χ0v) is 16.1. The third-order valence-electron chi connectivity index (χ3n) is 5.37. The average Bonchev–Trinajstić information content (AvgIpc) is 3.22. The van der Waals surface area contributed by atoms with Crippen molar-refractivity contribution in [1.29, 1.82) is 0 Å². The molecule has 5 heteroatoms. The highest BCUT2D eigenvalue weighted by Gasteiger charge is 2.28. The van der Waals surface area contributed by atoms with Gasteiger partial charge in [0, 0.05) is 23.0 Å². The Hall–Kier alpha value is -2.27. The van der Waals surface area contributed by atoms with Crippen molar-refractivity contribution in [3.8, 4) is 0 Å². The Morgan fingerprint density at radius 2 is 1.89 bits per heavy atom. The zero-order chi connectivity index (χ0) is 18.6. The second-order valence-electron chi connectivity index (χ2n) is 7.22. The van der Waals surface area contributed by atoms with Crippen LogP contribution in [-0.4, -0.2) is 35.1 Å². The van der Waals surface area contributed by atoms with Gasteiger partial charge in [0.05, 0.1) is 11.4 Å². The molecule has 0 aromatic heterocycles. The first-order valence-corrected chi connectivity index (χ1v) is 10.6. The average molecular weight is 381 g/mol. The van der Waals surface area contributed by atoms with Crippen LogP contribution < -0.4 is 5.32 Å². The number of hydrogen-bond donors (Lipinski definition) is 1. The van der Waals surface area contributed by atoms with Gasteiger partial charge in [-0.3, -0.25) is 9.59 Å². The molecule has 0 atom stereocenters. The maximum absolute atomic E-state index is 13.3. The largest absolute Gasteiger partial charge is 0.335 e. The van der Waals surface area contributed by atoms with Crippen molar-refractivity contribution >= 4 is 29.3 Å². The molecule has 1 aliphatic carbocycles. The predicted octanol–water partition coefficient (Wildman–Crippen LogP) is 4.36. The van der Waals surface area contributed by atoms with E-state index in [9.17, 15) is 9.59 Å². The molecule has 0 unspecified atom stereocenters. The van der Waals surface area contributed by atoms with Crippen LogP contribution in [0.2, 0.25) is 0 Å². The monoisotopic (exact) mass is 380 g/mol. The first-order chi connectivity index (χ1) is 13.2. The van der Waals surface area contributed by atoms with Crippen LogP contribution in [0.1, 0.15) is 41.6 Å². The van der Waals surface area contributed by atoms with E-state index in [4.69, 9.17) is 0 Å². The smallest absolute Gasteiger partial charge is 0.254 e. The molecular weight excluding hydrogens is 356 g/mol. The highest BCUT2D eigenvalue weighted by atomic mass is 32.2. The van der Waals surface area contributed by atoms with E-state index in [2.05, 4.69) is 22.3 Å². The van der Waals surface area contributed by atoms with E-state index in [1.165, 1.54) is 30.2 Å². The summed E-state index contributed by atoms with van der Waals surface area (Å²) in [6, 6.07) is 16.3. The maximum atomic E-state index is 13.3. The zero-order valence-electron chi connectivity index (χ0n) is 15.3. The Morgan fingerprint density at radius 1 is 1.11 bits per heavy atom. The van der Waals surface area contributed by atoms with Crippen LogP contribution in [0, 0.1) is 0 Å². The molecule has 0 bridgehead atoms. The molecule has 2 amide bonds. The predicted molar refractivity (Wildman–Crippen MR) is 109 cm³/mol. The van der Waals surface area contributed by atoms with Gasteiger partial charge in [0.15, 0.2) is 0 Å². The van der Waals surface area contributed by atoms with Crippen LogP contribution in [-0.2, 0) is 11.2 Å². The number of carbonyl (C=O) groups excluding carboxylic acids is 2. The highest BCUT2D eigenvalue weighted by Crippen LogP contribution is 2.33. The summed E-state index contributed by atoms with van der Waals surface area (Å²) in [5.74, 6) is 0.505. The van der Waals surface area contributed by atoms with E-state index in [0.29, 0.717) is 17.4 Å². The van der Waals surface area contributed by atoms with Gasteiger partial charge in [-0.25, -0.2) is 0 Å². The first-order valence-electron chi connectivity index (χ1n) is 9.62. The number of benzene rings is 2. The molecule has 0 radical (unpaired) electrons. The summed E-state index contributed by atoms with van der Waals surface area (Å²) in [6.45, 7) is 0.728. The third-order valence-corrected chi connectivity index (χ3v) is 6.44. The molecule has 140 valence electrons. The molecule has 1 N–H and O–H groups in total. The van der Waals surface area contributed by atoms with Crippen molar-refractivity contribution in [2.75, 3.05) is 17.6 Å². The van der Waals surface area contributed by atoms with Gasteiger partial charge >= 0.3 is 0 Å². The molecule has 27 heavy (non-hydrogen) atoms. The molecule has 2 aliphatic rings. The fourth-order valence-corrected chi connectivity index (χ4v) is 4.73. The fourth-order valence-electron chi connectivity index (χ4n) is 3.94. The van der Waals surface area contributed by atoms with E-state index in [-0.39, 0.29) is 11.8 Å². The second kappa shape index (κ2) is 8.17. The van der Waals surface area contributed by atoms with E-state index < -0.39 is 0 Å². The topological polar surface area (TPSA) is 49.4 Å². The van der Waals surface area contributed by atoms with Crippen LogP contribution in [0.25, 0.3) is 0 Å². The number of amides is 2. The Morgan fingerprint density at radius 3 is 2.67 bits per heavy atom. The molecule has 4 nitrogen and oxygen atoms in total. The summed E-state index contributed by atoms with van der Waals surface area (Å²) in [5.41, 5.74) is 2.68. The minimum absolute atomic E-state index is 0.00572. The Bertz CT molecular complexity index is 831. The molecule has 2 aromatic carbocycles. The normalized spacial score (nSPS) is 16.7. The number of nitrogens with zero attached hydrogens (tertiary/aromatic N) is 1. The van der Waals surface area contributed by atoms with Crippen LogP contribution >= 0.6 is 11.8 Å². The number of nitrogens with one attached hydrogen (secondary N) is 1. The minimum atomic E-state index is -0.00572. The molecular formula is C22H24N2O2S. The molecule has 0 spiro atoms. The van der Waals surface area contributed by atoms with Gasteiger partial charge in [0.25, 0.3) is 5.91 Å². The summed E-state index contributed by atoms with van der Waals surface area (Å²) in [7, 11) is 0. The van der Waals surface area contributed by atoms with Gasteiger partial charge in [-0.2, -0.15) is 0 Å².